The molecular weight excluding hydrogens is 327 g/mol. The molecule has 128 valence electrons. The highest BCUT2D eigenvalue weighted by Gasteiger charge is 2.24. The number of rotatable bonds is 9. The average molecular weight is 348 g/mol. The number of ketones is 1. The van der Waals surface area contributed by atoms with Gasteiger partial charge in [0.15, 0.2) is 5.78 Å². The molecule has 1 atom stereocenters. The van der Waals surface area contributed by atoms with Gasteiger partial charge in [0.25, 0.3) is 0 Å². The van der Waals surface area contributed by atoms with Crippen LogP contribution in [0.5, 0.6) is 5.75 Å². The fraction of sp³-hybridized carbons (Fsp3) is 0.278. The summed E-state index contributed by atoms with van der Waals surface area (Å²) in [5.41, 5.74) is 1.50. The minimum atomic E-state index is -3.88. The summed E-state index contributed by atoms with van der Waals surface area (Å²) < 4.78 is 22.1. The van der Waals surface area contributed by atoms with E-state index in [1.165, 1.54) is 5.56 Å². The van der Waals surface area contributed by atoms with Crippen molar-refractivity contribution in [1.82, 2.24) is 0 Å². The lowest BCUT2D eigenvalue weighted by molar-refractivity contribution is 0.101. The van der Waals surface area contributed by atoms with Crippen LogP contribution < -0.4 is 4.74 Å². The van der Waals surface area contributed by atoms with Gasteiger partial charge in [0.05, 0.1) is 13.2 Å². The lowest BCUT2D eigenvalue weighted by Gasteiger charge is -2.11. The summed E-state index contributed by atoms with van der Waals surface area (Å²) in [7, 11) is -3.88. The molecule has 1 unspecified atom stereocenters. The zero-order chi connectivity index (χ0) is 17.4. The highest BCUT2D eigenvalue weighted by Crippen LogP contribution is 2.42. The predicted octanol–water partition coefficient (Wildman–Crippen LogP) is 3.71. The molecule has 0 aliphatic heterocycles. The number of ether oxygens (including phenoxy) is 1. The minimum Gasteiger partial charge on any atom is -0.493 e. The third-order valence-corrected chi connectivity index (χ3v) is 4.68. The van der Waals surface area contributed by atoms with Gasteiger partial charge in [0.2, 0.25) is 0 Å². The number of hydrogen-bond acceptors (Lipinski definition) is 4. The lowest BCUT2D eigenvalue weighted by atomic mass is 10.1. The van der Waals surface area contributed by atoms with Crippen LogP contribution in [0.1, 0.15) is 22.8 Å². The quantitative estimate of drug-likeness (QED) is 0.552. The molecule has 2 aromatic carbocycles. The summed E-state index contributed by atoms with van der Waals surface area (Å²) in [6, 6.07) is 16.6. The molecule has 2 rings (SSSR count). The largest absolute Gasteiger partial charge is 0.493 e. The van der Waals surface area contributed by atoms with Gasteiger partial charge in [-0.3, -0.25) is 9.36 Å². The molecule has 2 aromatic rings. The van der Waals surface area contributed by atoms with Gasteiger partial charge >= 0.3 is 7.60 Å². The van der Waals surface area contributed by atoms with E-state index in [-0.39, 0.29) is 6.61 Å². The van der Waals surface area contributed by atoms with Gasteiger partial charge in [-0.1, -0.05) is 42.5 Å². The smallest absolute Gasteiger partial charge is 0.335 e. The number of carbonyl (C=O) groups excluding carboxylic acids is 1. The van der Waals surface area contributed by atoms with Crippen molar-refractivity contribution in [3.63, 3.8) is 0 Å². The lowest BCUT2D eigenvalue weighted by Crippen LogP contribution is -2.08. The average Bonchev–Trinajstić information content (AvgIpc) is 2.55. The van der Waals surface area contributed by atoms with E-state index in [1.54, 1.807) is 31.2 Å². The summed E-state index contributed by atoms with van der Waals surface area (Å²) in [5, 5.41) is 0. The molecule has 0 saturated carbocycles. The second-order valence-electron chi connectivity index (χ2n) is 5.25. The zero-order valence-corrected chi connectivity index (χ0v) is 14.4. The molecule has 0 saturated heterocycles. The molecule has 0 aliphatic rings. The number of benzene rings is 2. The van der Waals surface area contributed by atoms with Crippen molar-refractivity contribution in [3.05, 3.63) is 65.7 Å². The Labute approximate surface area is 141 Å². The molecule has 0 bridgehead atoms. The maximum absolute atomic E-state index is 12.1. The Morgan fingerprint density at radius 2 is 1.88 bits per heavy atom. The maximum Gasteiger partial charge on any atom is 0.335 e. The van der Waals surface area contributed by atoms with E-state index in [1.807, 2.05) is 30.3 Å². The van der Waals surface area contributed by atoms with Gasteiger partial charge in [0, 0.05) is 12.0 Å². The van der Waals surface area contributed by atoms with Crippen LogP contribution >= 0.6 is 7.60 Å². The summed E-state index contributed by atoms with van der Waals surface area (Å²) in [4.78, 5) is 21.7. The first kappa shape index (κ1) is 18.4. The first-order valence-corrected chi connectivity index (χ1v) is 9.53. The molecule has 0 amide bonds. The van der Waals surface area contributed by atoms with Crippen molar-refractivity contribution in [3.8, 4) is 5.75 Å². The molecular formula is C18H21O5P. The van der Waals surface area contributed by atoms with Gasteiger partial charge in [-0.05, 0) is 24.6 Å². The molecule has 0 aliphatic carbocycles. The third kappa shape index (κ3) is 5.93. The fourth-order valence-electron chi connectivity index (χ4n) is 2.21. The number of carbonyl (C=O) groups is 1. The Morgan fingerprint density at radius 3 is 2.58 bits per heavy atom. The van der Waals surface area contributed by atoms with Gasteiger partial charge < -0.3 is 14.2 Å². The predicted molar refractivity (Wildman–Crippen MR) is 92.7 cm³/mol. The standard InChI is InChI=1S/C18H21O5P/c1-2-23-24(20,21)14-18(19)16-9-6-10-17(13-16)22-12-11-15-7-4-3-5-8-15/h3-10,13H,2,11-12,14H2,1H3,(H,20,21). The Hall–Kier alpha value is -1.94. The highest BCUT2D eigenvalue weighted by atomic mass is 31.2. The van der Waals surface area contributed by atoms with Crippen molar-refractivity contribution < 1.29 is 23.5 Å². The van der Waals surface area contributed by atoms with Gasteiger partial charge in [-0.15, -0.1) is 0 Å². The second kappa shape index (κ2) is 8.78. The summed E-state index contributed by atoms with van der Waals surface area (Å²) >= 11 is 0. The van der Waals surface area contributed by atoms with E-state index in [4.69, 9.17) is 9.26 Å². The molecule has 0 heterocycles. The first-order valence-electron chi connectivity index (χ1n) is 7.76. The van der Waals surface area contributed by atoms with E-state index >= 15 is 0 Å². The van der Waals surface area contributed by atoms with Crippen molar-refractivity contribution in [2.45, 2.75) is 13.3 Å². The van der Waals surface area contributed by atoms with Crippen LogP contribution in [0, 0.1) is 0 Å². The summed E-state index contributed by atoms with van der Waals surface area (Å²) in [6.07, 6.45) is 0.226. The number of Topliss-reactive ketones (excluding diaryl/α,β-unsaturated/α-hetero) is 1. The van der Waals surface area contributed by atoms with E-state index in [9.17, 15) is 14.3 Å². The van der Waals surface area contributed by atoms with Crippen LogP contribution in [-0.2, 0) is 15.5 Å². The normalized spacial score (nSPS) is 13.2. The van der Waals surface area contributed by atoms with Crippen LogP contribution in [0.2, 0.25) is 0 Å². The molecule has 1 N–H and O–H groups in total. The Kier molecular flexibility index (Phi) is 6.73. The van der Waals surface area contributed by atoms with E-state index in [0.717, 1.165) is 6.42 Å². The van der Waals surface area contributed by atoms with Gasteiger partial charge in [-0.2, -0.15) is 0 Å². The van der Waals surface area contributed by atoms with Crippen LogP contribution in [0.4, 0.5) is 0 Å². The molecule has 6 heteroatoms. The molecule has 0 radical (unpaired) electrons. The summed E-state index contributed by atoms with van der Waals surface area (Å²) in [5.74, 6) is 0.115. The molecule has 0 spiro atoms. The van der Waals surface area contributed by atoms with Crippen molar-refractivity contribution in [2.75, 3.05) is 19.4 Å². The second-order valence-corrected chi connectivity index (χ2v) is 7.10. The minimum absolute atomic E-state index is 0.0870. The fourth-order valence-corrected chi connectivity index (χ4v) is 3.25. The van der Waals surface area contributed by atoms with Crippen molar-refractivity contribution in [1.29, 1.82) is 0 Å². The van der Waals surface area contributed by atoms with Crippen LogP contribution in [0.15, 0.2) is 54.6 Å². The molecule has 0 fully saturated rings. The Bertz CT molecular complexity index is 714. The monoisotopic (exact) mass is 348 g/mol. The highest BCUT2D eigenvalue weighted by molar-refractivity contribution is 7.53. The van der Waals surface area contributed by atoms with Crippen LogP contribution in [0.25, 0.3) is 0 Å². The first-order chi connectivity index (χ1) is 11.5. The molecule has 24 heavy (non-hydrogen) atoms. The van der Waals surface area contributed by atoms with Crippen LogP contribution in [-0.4, -0.2) is 30.1 Å². The number of hydrogen-bond donors (Lipinski definition) is 1. The van der Waals surface area contributed by atoms with E-state index in [2.05, 4.69) is 0 Å². The van der Waals surface area contributed by atoms with Gasteiger partial charge in [-0.25, -0.2) is 0 Å². The third-order valence-electron chi connectivity index (χ3n) is 3.33. The van der Waals surface area contributed by atoms with Crippen molar-refractivity contribution in [2.24, 2.45) is 0 Å². The van der Waals surface area contributed by atoms with E-state index in [0.29, 0.717) is 17.9 Å². The van der Waals surface area contributed by atoms with Crippen molar-refractivity contribution >= 4 is 13.4 Å². The van der Waals surface area contributed by atoms with Crippen LogP contribution in [0.3, 0.4) is 0 Å². The Balaban J connectivity index is 1.93. The molecule has 0 aromatic heterocycles. The summed E-state index contributed by atoms with van der Waals surface area (Å²) in [6.45, 7) is 2.18. The topological polar surface area (TPSA) is 72.8 Å². The zero-order valence-electron chi connectivity index (χ0n) is 13.6. The van der Waals surface area contributed by atoms with Gasteiger partial charge in [0.1, 0.15) is 11.9 Å². The Morgan fingerprint density at radius 1 is 1.12 bits per heavy atom. The maximum atomic E-state index is 12.1. The molecule has 5 nitrogen and oxygen atoms in total. The van der Waals surface area contributed by atoms with E-state index < -0.39 is 19.5 Å². The SMILES string of the molecule is CCOP(=O)(O)CC(=O)c1cccc(OCCc2ccccc2)c1.